The molecule has 1 aromatic carbocycles. The van der Waals surface area contributed by atoms with Crippen molar-refractivity contribution >= 4 is 22.6 Å². The zero-order valence-corrected chi connectivity index (χ0v) is 12.0. The van der Waals surface area contributed by atoms with Crippen molar-refractivity contribution in [1.82, 2.24) is 10.3 Å². The lowest BCUT2D eigenvalue weighted by atomic mass is 10.1. The summed E-state index contributed by atoms with van der Waals surface area (Å²) in [5.41, 5.74) is 6.61. The molecule has 2 aromatic rings. The number of rotatable bonds is 7. The van der Waals surface area contributed by atoms with Crippen molar-refractivity contribution in [2.45, 2.75) is 13.0 Å². The van der Waals surface area contributed by atoms with Crippen molar-refractivity contribution in [1.29, 1.82) is 0 Å². The van der Waals surface area contributed by atoms with E-state index in [-0.39, 0.29) is 6.10 Å². The Bertz CT molecular complexity index is 628. The van der Waals surface area contributed by atoms with Crippen LogP contribution in [0.3, 0.4) is 0 Å². The molecule has 0 saturated heterocycles. The van der Waals surface area contributed by atoms with Crippen LogP contribution in [0, 0.1) is 0 Å². The van der Waals surface area contributed by atoms with Crippen molar-refractivity contribution in [2.24, 2.45) is 5.73 Å². The number of benzene rings is 1. The number of aromatic nitrogens is 1. The van der Waals surface area contributed by atoms with E-state index in [9.17, 15) is 4.79 Å². The molecule has 0 aliphatic rings. The average Bonchev–Trinajstić information content (AvgIpc) is 2.45. The van der Waals surface area contributed by atoms with Crippen LogP contribution in [0.5, 0.6) is 0 Å². The van der Waals surface area contributed by atoms with Crippen LogP contribution in [0.2, 0.25) is 0 Å². The molecule has 0 radical (unpaired) electrons. The standard InChI is InChI=1S/C15H20N4O2/c1-10(20)9-17-6-7-18-14-8-12(15(16)21)11-4-2-3-5-13(11)19-14/h2-5,8,10,17,20H,6-7,9H2,1H3,(H2,16,21)(H,18,19). The third kappa shape index (κ3) is 4.14. The molecular weight excluding hydrogens is 268 g/mol. The first kappa shape index (κ1) is 15.2. The predicted octanol–water partition coefficient (Wildman–Crippen LogP) is 0.716. The molecule has 1 atom stereocenters. The van der Waals surface area contributed by atoms with Crippen LogP contribution in [-0.2, 0) is 0 Å². The van der Waals surface area contributed by atoms with Gasteiger partial charge in [0.1, 0.15) is 5.82 Å². The van der Waals surface area contributed by atoms with E-state index in [0.29, 0.717) is 31.0 Å². The summed E-state index contributed by atoms with van der Waals surface area (Å²) in [5.74, 6) is 0.144. The number of aliphatic hydroxyl groups excluding tert-OH is 1. The van der Waals surface area contributed by atoms with Crippen LogP contribution in [0.15, 0.2) is 30.3 Å². The number of hydrogen-bond acceptors (Lipinski definition) is 5. The Morgan fingerprint density at radius 2 is 2.14 bits per heavy atom. The summed E-state index contributed by atoms with van der Waals surface area (Å²) in [6.07, 6.45) is -0.370. The maximum absolute atomic E-state index is 11.5. The Kier molecular flexibility index (Phi) is 5.08. The molecule has 0 aliphatic carbocycles. The van der Waals surface area contributed by atoms with Gasteiger partial charge in [0, 0.05) is 25.0 Å². The smallest absolute Gasteiger partial charge is 0.249 e. The fourth-order valence-electron chi connectivity index (χ4n) is 2.06. The minimum absolute atomic E-state index is 0.370. The molecule has 0 bridgehead atoms. The van der Waals surface area contributed by atoms with E-state index >= 15 is 0 Å². The van der Waals surface area contributed by atoms with E-state index in [2.05, 4.69) is 15.6 Å². The largest absolute Gasteiger partial charge is 0.392 e. The highest BCUT2D eigenvalue weighted by Gasteiger charge is 2.09. The number of carbonyl (C=O) groups excluding carboxylic acids is 1. The van der Waals surface area contributed by atoms with Crippen LogP contribution in [-0.4, -0.2) is 41.7 Å². The Balaban J connectivity index is 2.08. The summed E-state index contributed by atoms with van der Waals surface area (Å²) in [6.45, 7) is 3.59. The SMILES string of the molecule is CC(O)CNCCNc1cc(C(N)=O)c2ccccc2n1. The van der Waals surface area contributed by atoms with Crippen molar-refractivity contribution in [3.05, 3.63) is 35.9 Å². The number of nitrogens with zero attached hydrogens (tertiary/aromatic N) is 1. The molecule has 0 spiro atoms. The van der Waals surface area contributed by atoms with Gasteiger partial charge in [-0.2, -0.15) is 0 Å². The molecule has 21 heavy (non-hydrogen) atoms. The van der Waals surface area contributed by atoms with Gasteiger partial charge in [-0.1, -0.05) is 18.2 Å². The topological polar surface area (TPSA) is 100 Å². The van der Waals surface area contributed by atoms with Crippen molar-refractivity contribution in [3.8, 4) is 0 Å². The highest BCUT2D eigenvalue weighted by Crippen LogP contribution is 2.20. The van der Waals surface area contributed by atoms with E-state index in [1.54, 1.807) is 13.0 Å². The molecule has 1 aromatic heterocycles. The summed E-state index contributed by atoms with van der Waals surface area (Å²) < 4.78 is 0. The molecule has 5 N–H and O–H groups in total. The number of aliphatic hydroxyl groups is 1. The lowest BCUT2D eigenvalue weighted by molar-refractivity contribution is 0.100. The number of para-hydroxylation sites is 1. The molecule has 0 saturated carbocycles. The maximum atomic E-state index is 11.5. The molecule has 0 aliphatic heterocycles. The highest BCUT2D eigenvalue weighted by atomic mass is 16.3. The fraction of sp³-hybridized carbons (Fsp3) is 0.333. The van der Waals surface area contributed by atoms with Crippen LogP contribution in [0.1, 0.15) is 17.3 Å². The van der Waals surface area contributed by atoms with Crippen LogP contribution in [0.4, 0.5) is 5.82 Å². The van der Waals surface area contributed by atoms with Gasteiger partial charge in [0.2, 0.25) is 5.91 Å². The van der Waals surface area contributed by atoms with Gasteiger partial charge < -0.3 is 21.5 Å². The quantitative estimate of drug-likeness (QED) is 0.562. The van der Waals surface area contributed by atoms with Gasteiger partial charge in [0.25, 0.3) is 0 Å². The third-order valence-electron chi connectivity index (χ3n) is 3.03. The van der Waals surface area contributed by atoms with Gasteiger partial charge in [-0.15, -0.1) is 0 Å². The second-order valence-electron chi connectivity index (χ2n) is 4.92. The lowest BCUT2D eigenvalue weighted by Crippen LogP contribution is -2.29. The van der Waals surface area contributed by atoms with Gasteiger partial charge in [-0.05, 0) is 19.1 Å². The van der Waals surface area contributed by atoms with E-state index in [1.165, 1.54) is 0 Å². The molecule has 2 rings (SSSR count). The number of carbonyl (C=O) groups is 1. The fourth-order valence-corrected chi connectivity index (χ4v) is 2.06. The van der Waals surface area contributed by atoms with Gasteiger partial charge in [-0.25, -0.2) is 4.98 Å². The average molecular weight is 288 g/mol. The highest BCUT2D eigenvalue weighted by molar-refractivity contribution is 6.06. The number of nitrogens with one attached hydrogen (secondary N) is 2. The van der Waals surface area contributed by atoms with Crippen molar-refractivity contribution in [3.63, 3.8) is 0 Å². The molecular formula is C15H20N4O2. The Morgan fingerprint density at radius 1 is 1.38 bits per heavy atom. The van der Waals surface area contributed by atoms with Gasteiger partial charge in [-0.3, -0.25) is 4.79 Å². The zero-order chi connectivity index (χ0) is 15.2. The molecule has 1 unspecified atom stereocenters. The Morgan fingerprint density at radius 3 is 2.86 bits per heavy atom. The van der Waals surface area contributed by atoms with E-state index in [1.807, 2.05) is 24.3 Å². The molecule has 6 heteroatoms. The van der Waals surface area contributed by atoms with Gasteiger partial charge >= 0.3 is 0 Å². The molecule has 0 fully saturated rings. The van der Waals surface area contributed by atoms with Crippen LogP contribution in [0.25, 0.3) is 10.9 Å². The normalized spacial score (nSPS) is 12.3. The first-order valence-electron chi connectivity index (χ1n) is 6.90. The molecule has 1 amide bonds. The number of anilines is 1. The molecule has 1 heterocycles. The lowest BCUT2D eigenvalue weighted by Gasteiger charge is -2.10. The summed E-state index contributed by atoms with van der Waals surface area (Å²) in [7, 11) is 0. The van der Waals surface area contributed by atoms with E-state index < -0.39 is 5.91 Å². The van der Waals surface area contributed by atoms with Gasteiger partial charge in [0.05, 0.1) is 17.2 Å². The summed E-state index contributed by atoms with van der Waals surface area (Å²) >= 11 is 0. The summed E-state index contributed by atoms with van der Waals surface area (Å²) in [4.78, 5) is 16.0. The zero-order valence-electron chi connectivity index (χ0n) is 12.0. The first-order valence-corrected chi connectivity index (χ1v) is 6.90. The van der Waals surface area contributed by atoms with E-state index in [4.69, 9.17) is 10.8 Å². The number of amides is 1. The second kappa shape index (κ2) is 7.01. The number of fused-ring (bicyclic) bond motifs is 1. The van der Waals surface area contributed by atoms with E-state index in [0.717, 1.165) is 10.9 Å². The predicted molar refractivity (Wildman–Crippen MR) is 83.3 cm³/mol. The Hall–Kier alpha value is -2.18. The summed E-state index contributed by atoms with van der Waals surface area (Å²) in [6, 6.07) is 9.06. The number of nitrogens with two attached hydrogens (primary N) is 1. The minimum Gasteiger partial charge on any atom is -0.392 e. The molecule has 6 nitrogen and oxygen atoms in total. The van der Waals surface area contributed by atoms with Crippen LogP contribution >= 0.6 is 0 Å². The Labute approximate surface area is 123 Å². The third-order valence-corrected chi connectivity index (χ3v) is 3.03. The monoisotopic (exact) mass is 288 g/mol. The van der Waals surface area contributed by atoms with Crippen LogP contribution < -0.4 is 16.4 Å². The number of hydrogen-bond donors (Lipinski definition) is 4. The van der Waals surface area contributed by atoms with Crippen molar-refractivity contribution < 1.29 is 9.90 Å². The minimum atomic E-state index is -0.469. The number of primary amides is 1. The number of pyridine rings is 1. The first-order chi connectivity index (χ1) is 10.1. The molecule has 112 valence electrons. The van der Waals surface area contributed by atoms with Crippen molar-refractivity contribution in [2.75, 3.05) is 25.0 Å². The summed E-state index contributed by atoms with van der Waals surface area (Å²) in [5, 5.41) is 16.1. The maximum Gasteiger partial charge on any atom is 0.249 e. The second-order valence-corrected chi connectivity index (χ2v) is 4.92. The van der Waals surface area contributed by atoms with Gasteiger partial charge in [0.15, 0.2) is 0 Å².